The minimum absolute atomic E-state index is 0.114. The first-order valence-corrected chi connectivity index (χ1v) is 8.26. The van der Waals surface area contributed by atoms with E-state index in [9.17, 15) is 4.79 Å². The van der Waals surface area contributed by atoms with Gasteiger partial charge in [-0.3, -0.25) is 9.78 Å². The van der Waals surface area contributed by atoms with Crippen molar-refractivity contribution in [1.82, 2.24) is 10.3 Å². The molecule has 0 saturated heterocycles. The topological polar surface area (TPSA) is 104 Å². The summed E-state index contributed by atoms with van der Waals surface area (Å²) < 4.78 is 0. The summed E-state index contributed by atoms with van der Waals surface area (Å²) in [5.74, 6) is 0.416. The second kappa shape index (κ2) is 5.80. The highest BCUT2D eigenvalue weighted by Gasteiger charge is 2.47. The van der Waals surface area contributed by atoms with Gasteiger partial charge >= 0.3 is 0 Å². The number of carbonyl (C=O) groups excluding carboxylic acids is 1. The van der Waals surface area contributed by atoms with Gasteiger partial charge in [-0.15, -0.1) is 0 Å². The number of hydrogen-bond donors (Lipinski definition) is 2. The Balaban J connectivity index is 1.86. The van der Waals surface area contributed by atoms with E-state index < -0.39 is 5.54 Å². The minimum Gasteiger partial charge on any atom is -0.324 e. The average molecular weight is 331 g/mol. The zero-order valence-electron chi connectivity index (χ0n) is 13.6. The van der Waals surface area contributed by atoms with Crippen LogP contribution in [0, 0.1) is 11.3 Å². The molecular formula is C19H17N5O. The lowest BCUT2D eigenvalue weighted by atomic mass is 9.77. The van der Waals surface area contributed by atoms with E-state index in [1.165, 1.54) is 0 Å². The van der Waals surface area contributed by atoms with Crippen LogP contribution in [0.4, 0.5) is 0 Å². The largest absolute Gasteiger partial charge is 0.324 e. The molecule has 25 heavy (non-hydrogen) atoms. The summed E-state index contributed by atoms with van der Waals surface area (Å²) in [5.41, 5.74) is 8.88. The maximum atomic E-state index is 12.7. The molecule has 2 heterocycles. The summed E-state index contributed by atoms with van der Waals surface area (Å²) in [4.78, 5) is 21.9. The third kappa shape index (κ3) is 2.41. The predicted octanol–water partition coefficient (Wildman–Crippen LogP) is 1.64. The highest BCUT2D eigenvalue weighted by atomic mass is 16.2. The number of amides is 1. The number of pyridine rings is 1. The van der Waals surface area contributed by atoms with Crippen LogP contribution in [0.15, 0.2) is 41.5 Å². The zero-order chi connectivity index (χ0) is 17.4. The Morgan fingerprint density at radius 2 is 2.24 bits per heavy atom. The van der Waals surface area contributed by atoms with Crippen LogP contribution >= 0.6 is 0 Å². The van der Waals surface area contributed by atoms with Gasteiger partial charge in [-0.2, -0.15) is 5.26 Å². The summed E-state index contributed by atoms with van der Waals surface area (Å²) in [5, 5.41) is 11.9. The van der Waals surface area contributed by atoms with Gasteiger partial charge in [-0.05, 0) is 48.6 Å². The van der Waals surface area contributed by atoms with Crippen molar-refractivity contribution in [2.75, 3.05) is 6.54 Å². The van der Waals surface area contributed by atoms with E-state index in [1.54, 1.807) is 12.1 Å². The van der Waals surface area contributed by atoms with E-state index in [0.29, 0.717) is 17.8 Å². The van der Waals surface area contributed by atoms with Gasteiger partial charge in [0.05, 0.1) is 23.9 Å². The summed E-state index contributed by atoms with van der Waals surface area (Å²) >= 11 is 0. The third-order valence-corrected chi connectivity index (χ3v) is 4.86. The molecule has 1 aliphatic heterocycles. The van der Waals surface area contributed by atoms with Crippen molar-refractivity contribution < 1.29 is 4.79 Å². The van der Waals surface area contributed by atoms with Crippen molar-refractivity contribution in [3.05, 3.63) is 53.2 Å². The maximum absolute atomic E-state index is 12.7. The van der Waals surface area contributed by atoms with Crippen LogP contribution in [0.1, 0.15) is 29.5 Å². The number of amidine groups is 1. The number of nitrogens with two attached hydrogens (primary N) is 1. The van der Waals surface area contributed by atoms with Gasteiger partial charge in [0.1, 0.15) is 5.84 Å². The molecule has 6 nitrogen and oxygen atoms in total. The molecule has 1 aromatic carbocycles. The van der Waals surface area contributed by atoms with Gasteiger partial charge in [0.25, 0.3) is 5.91 Å². The van der Waals surface area contributed by atoms with Crippen LogP contribution in [0.3, 0.4) is 0 Å². The number of nitrogens with zero attached hydrogens (tertiary/aromatic N) is 3. The SMILES string of the molecule is N#Cc1cccc(-c2cc3c(cn2)CCCC32N=C(CN)NC2=O)c1. The first-order valence-electron chi connectivity index (χ1n) is 8.26. The second-order valence-corrected chi connectivity index (χ2v) is 6.35. The van der Waals surface area contributed by atoms with Gasteiger partial charge in [-0.1, -0.05) is 12.1 Å². The van der Waals surface area contributed by atoms with Gasteiger partial charge in [0, 0.05) is 11.8 Å². The normalized spacial score (nSPS) is 21.4. The Morgan fingerprint density at radius 1 is 1.36 bits per heavy atom. The monoisotopic (exact) mass is 331 g/mol. The van der Waals surface area contributed by atoms with Crippen molar-refractivity contribution in [1.29, 1.82) is 5.26 Å². The summed E-state index contributed by atoms with van der Waals surface area (Å²) in [6.45, 7) is 0.213. The van der Waals surface area contributed by atoms with E-state index in [1.807, 2.05) is 24.4 Å². The highest BCUT2D eigenvalue weighted by molar-refractivity contribution is 6.09. The molecule has 1 amide bonds. The van der Waals surface area contributed by atoms with Crippen LogP contribution in [0.5, 0.6) is 0 Å². The molecule has 1 aliphatic carbocycles. The first kappa shape index (κ1) is 15.5. The Hall–Kier alpha value is -3.04. The fourth-order valence-electron chi connectivity index (χ4n) is 3.64. The smallest absolute Gasteiger partial charge is 0.257 e. The Morgan fingerprint density at radius 3 is 3.00 bits per heavy atom. The van der Waals surface area contributed by atoms with Gasteiger partial charge < -0.3 is 11.1 Å². The zero-order valence-corrected chi connectivity index (χ0v) is 13.6. The number of aromatic nitrogens is 1. The van der Waals surface area contributed by atoms with Gasteiger partial charge in [-0.25, -0.2) is 4.99 Å². The molecule has 0 bridgehead atoms. The average Bonchev–Trinajstić information content (AvgIpc) is 2.98. The van der Waals surface area contributed by atoms with Crippen molar-refractivity contribution >= 4 is 11.7 Å². The fraction of sp³-hybridized carbons (Fsp3) is 0.263. The van der Waals surface area contributed by atoms with Crippen molar-refractivity contribution in [2.45, 2.75) is 24.8 Å². The number of hydrogen-bond acceptors (Lipinski definition) is 5. The molecule has 0 radical (unpaired) electrons. The third-order valence-electron chi connectivity index (χ3n) is 4.86. The number of rotatable bonds is 2. The molecule has 0 saturated carbocycles. The number of carbonyl (C=O) groups is 1. The molecule has 0 fully saturated rings. The molecular weight excluding hydrogens is 314 g/mol. The lowest BCUT2D eigenvalue weighted by Gasteiger charge is -2.31. The van der Waals surface area contributed by atoms with Gasteiger partial charge in [0.2, 0.25) is 0 Å². The van der Waals surface area contributed by atoms with Crippen LogP contribution in [0.25, 0.3) is 11.3 Å². The number of fused-ring (bicyclic) bond motifs is 2. The van der Waals surface area contributed by atoms with Crippen molar-refractivity contribution in [2.24, 2.45) is 10.7 Å². The number of benzene rings is 1. The van der Waals surface area contributed by atoms with E-state index >= 15 is 0 Å². The summed E-state index contributed by atoms with van der Waals surface area (Å²) in [6.07, 6.45) is 4.25. The molecule has 4 rings (SSSR count). The molecule has 1 aromatic heterocycles. The Labute approximate surface area is 145 Å². The standard InChI is InChI=1S/C19H17N5O/c20-9-12-3-1-4-13(7-12)16-8-15-14(11-22-16)5-2-6-19(15)18(25)23-17(10-21)24-19/h1,3-4,7-8,11H,2,5-6,10,21H2,(H,23,24,25). The van der Waals surface area contributed by atoms with Crippen LogP contribution in [-0.4, -0.2) is 23.3 Å². The molecule has 124 valence electrons. The maximum Gasteiger partial charge on any atom is 0.257 e. The minimum atomic E-state index is -0.896. The summed E-state index contributed by atoms with van der Waals surface area (Å²) in [6, 6.07) is 11.4. The van der Waals surface area contributed by atoms with Crippen LogP contribution in [-0.2, 0) is 16.8 Å². The first-order chi connectivity index (χ1) is 12.2. The van der Waals surface area contributed by atoms with Crippen molar-refractivity contribution in [3.63, 3.8) is 0 Å². The van der Waals surface area contributed by atoms with Gasteiger partial charge in [0.15, 0.2) is 5.54 Å². The van der Waals surface area contributed by atoms with E-state index in [2.05, 4.69) is 21.4 Å². The molecule has 2 aromatic rings. The molecule has 1 spiro atoms. The fourth-order valence-corrected chi connectivity index (χ4v) is 3.64. The van der Waals surface area contributed by atoms with Crippen LogP contribution < -0.4 is 11.1 Å². The molecule has 6 heteroatoms. The quantitative estimate of drug-likeness (QED) is 0.873. The molecule has 1 atom stereocenters. The second-order valence-electron chi connectivity index (χ2n) is 6.35. The van der Waals surface area contributed by atoms with Crippen LogP contribution in [0.2, 0.25) is 0 Å². The Bertz CT molecular complexity index is 943. The lowest BCUT2D eigenvalue weighted by Crippen LogP contribution is -2.40. The van der Waals surface area contributed by atoms with Crippen molar-refractivity contribution in [3.8, 4) is 17.3 Å². The number of nitrogens with one attached hydrogen (secondary N) is 1. The van der Waals surface area contributed by atoms with E-state index in [-0.39, 0.29) is 12.5 Å². The Kier molecular flexibility index (Phi) is 3.59. The van der Waals surface area contributed by atoms with E-state index in [4.69, 9.17) is 11.0 Å². The van der Waals surface area contributed by atoms with E-state index in [0.717, 1.165) is 35.2 Å². The lowest BCUT2D eigenvalue weighted by molar-refractivity contribution is -0.124. The molecule has 3 N–H and O–H groups in total. The number of nitriles is 1. The predicted molar refractivity (Wildman–Crippen MR) is 93.6 cm³/mol. The summed E-state index contributed by atoms with van der Waals surface area (Å²) in [7, 11) is 0. The molecule has 2 aliphatic rings. The number of aryl methyl sites for hydroxylation is 1. The number of aliphatic imine (C=N–C) groups is 1. The molecule has 1 unspecified atom stereocenters. The highest BCUT2D eigenvalue weighted by Crippen LogP contribution is 2.42.